The fourth-order valence-electron chi connectivity index (χ4n) is 3.22. The number of nitrogens with zero attached hydrogens (tertiary/aromatic N) is 1. The predicted octanol–water partition coefficient (Wildman–Crippen LogP) is 4.01. The van der Waals surface area contributed by atoms with Crippen LogP contribution in [0.5, 0.6) is 0 Å². The summed E-state index contributed by atoms with van der Waals surface area (Å²) in [5.41, 5.74) is 7.72. The van der Waals surface area contributed by atoms with Gasteiger partial charge in [-0.25, -0.2) is 0 Å². The molecule has 5 nitrogen and oxygen atoms in total. The molecule has 3 rings (SSSR count). The molecule has 0 saturated heterocycles. The molecule has 1 aliphatic heterocycles. The minimum Gasteiger partial charge on any atom is -0.365 e. The zero-order valence-electron chi connectivity index (χ0n) is 15.6. The molecule has 1 aromatic heterocycles. The first-order chi connectivity index (χ1) is 12.4. The number of hydrogen-bond acceptors (Lipinski definition) is 5. The molecule has 3 N–H and O–H groups in total. The molecule has 1 aliphatic rings. The van der Waals surface area contributed by atoms with Gasteiger partial charge in [-0.2, -0.15) is 0 Å². The highest BCUT2D eigenvalue weighted by Gasteiger charge is 2.28. The molecule has 2 heterocycles. The Bertz CT molecular complexity index is 851. The van der Waals surface area contributed by atoms with E-state index in [0.717, 1.165) is 34.8 Å². The maximum Gasteiger partial charge on any atom is 0.257 e. The number of rotatable bonds is 5. The van der Waals surface area contributed by atoms with E-state index >= 15 is 0 Å². The van der Waals surface area contributed by atoms with Crippen molar-refractivity contribution >= 4 is 52.3 Å². The Morgan fingerprint density at radius 1 is 1.30 bits per heavy atom. The predicted molar refractivity (Wildman–Crippen MR) is 116 cm³/mol. The quantitative estimate of drug-likeness (QED) is 0.709. The number of nitrogens with one attached hydrogen (secondary N) is 1. The maximum absolute atomic E-state index is 12.8. The monoisotopic (exact) mass is 425 g/mol. The molecule has 8 heteroatoms. The van der Waals surface area contributed by atoms with Crippen molar-refractivity contribution < 1.29 is 9.59 Å². The standard InChI is InChI=1S/C19H23N3O2S2.ClH/c1-11(2)22-9-8-12-15(10-22)26-19(16(12)17(20)23)21-18(24)13-6-4-5-7-14(13)25-3;/h4-7,11H,8-10H2,1-3H3,(H2,20,23)(H,21,24);1H. The van der Waals surface area contributed by atoms with Crippen molar-refractivity contribution in [3.63, 3.8) is 0 Å². The largest absolute Gasteiger partial charge is 0.365 e. The number of carbonyl (C=O) groups excluding carboxylic acids is 2. The zero-order chi connectivity index (χ0) is 18.8. The van der Waals surface area contributed by atoms with E-state index in [1.807, 2.05) is 24.5 Å². The number of carbonyl (C=O) groups is 2. The molecule has 2 amide bonds. The van der Waals surface area contributed by atoms with Crippen LogP contribution < -0.4 is 11.1 Å². The second-order valence-corrected chi connectivity index (χ2v) is 8.49. The summed E-state index contributed by atoms with van der Waals surface area (Å²) in [6.07, 6.45) is 2.71. The normalized spacial score (nSPS) is 13.8. The highest BCUT2D eigenvalue weighted by molar-refractivity contribution is 7.98. The number of halogens is 1. The molecule has 0 unspecified atom stereocenters. The Kier molecular flexibility index (Phi) is 7.33. The van der Waals surface area contributed by atoms with Crippen molar-refractivity contribution in [1.82, 2.24) is 4.90 Å². The minimum absolute atomic E-state index is 0. The number of nitrogens with two attached hydrogens (primary N) is 1. The van der Waals surface area contributed by atoms with E-state index in [1.54, 1.807) is 6.07 Å². The Labute approximate surface area is 174 Å². The summed E-state index contributed by atoms with van der Waals surface area (Å²) in [6.45, 7) is 6.00. The van der Waals surface area contributed by atoms with E-state index in [4.69, 9.17) is 5.73 Å². The van der Waals surface area contributed by atoms with Gasteiger partial charge < -0.3 is 11.1 Å². The number of primary amides is 1. The molecule has 1 aromatic carbocycles. The van der Waals surface area contributed by atoms with E-state index in [0.29, 0.717) is 22.2 Å². The van der Waals surface area contributed by atoms with Gasteiger partial charge >= 0.3 is 0 Å². The number of benzene rings is 1. The second kappa shape index (κ2) is 9.10. The Morgan fingerprint density at radius 2 is 2.00 bits per heavy atom. The summed E-state index contributed by atoms with van der Waals surface area (Å²) in [5.74, 6) is -0.689. The van der Waals surface area contributed by atoms with E-state index < -0.39 is 5.91 Å². The molecular formula is C19H24ClN3O2S2. The highest BCUT2D eigenvalue weighted by Crippen LogP contribution is 2.37. The lowest BCUT2D eigenvalue weighted by molar-refractivity contribution is 0.0999. The summed E-state index contributed by atoms with van der Waals surface area (Å²) in [7, 11) is 0. The number of thioether (sulfide) groups is 1. The average Bonchev–Trinajstić information content (AvgIpc) is 2.98. The lowest BCUT2D eigenvalue weighted by atomic mass is 10.0. The van der Waals surface area contributed by atoms with Gasteiger partial charge in [0.05, 0.1) is 11.1 Å². The molecule has 0 saturated carbocycles. The lowest BCUT2D eigenvalue weighted by Gasteiger charge is -2.30. The molecule has 0 aliphatic carbocycles. The van der Waals surface area contributed by atoms with E-state index in [1.165, 1.54) is 23.1 Å². The molecule has 0 radical (unpaired) electrons. The van der Waals surface area contributed by atoms with Crippen LogP contribution in [0.15, 0.2) is 29.2 Å². The molecule has 0 atom stereocenters. The van der Waals surface area contributed by atoms with Crippen LogP contribution >= 0.6 is 35.5 Å². The van der Waals surface area contributed by atoms with Crippen LogP contribution in [0, 0.1) is 0 Å². The molecular weight excluding hydrogens is 402 g/mol. The first kappa shape index (κ1) is 21.8. The van der Waals surface area contributed by atoms with Gasteiger partial charge in [0.25, 0.3) is 11.8 Å². The number of hydrogen-bond donors (Lipinski definition) is 2. The second-order valence-electron chi connectivity index (χ2n) is 6.54. The van der Waals surface area contributed by atoms with Crippen molar-refractivity contribution in [3.05, 3.63) is 45.8 Å². The summed E-state index contributed by atoms with van der Waals surface area (Å²) in [5, 5.41) is 3.49. The molecule has 27 heavy (non-hydrogen) atoms. The van der Waals surface area contributed by atoms with E-state index in [-0.39, 0.29) is 18.3 Å². The van der Waals surface area contributed by atoms with Gasteiger partial charge in [0.2, 0.25) is 0 Å². The van der Waals surface area contributed by atoms with E-state index in [9.17, 15) is 9.59 Å². The van der Waals surface area contributed by atoms with Gasteiger partial charge in [0, 0.05) is 28.9 Å². The van der Waals surface area contributed by atoms with Crippen molar-refractivity contribution in [2.75, 3.05) is 18.1 Å². The third kappa shape index (κ3) is 4.48. The maximum atomic E-state index is 12.8. The van der Waals surface area contributed by atoms with Crippen molar-refractivity contribution in [1.29, 1.82) is 0 Å². The van der Waals surface area contributed by atoms with Crippen LogP contribution in [-0.2, 0) is 13.0 Å². The fraction of sp³-hybridized carbons (Fsp3) is 0.368. The molecule has 0 fully saturated rings. The highest BCUT2D eigenvalue weighted by atomic mass is 35.5. The summed E-state index contributed by atoms with van der Waals surface area (Å²) in [6, 6.07) is 7.88. The topological polar surface area (TPSA) is 75.4 Å². The van der Waals surface area contributed by atoms with Gasteiger partial charge in [-0.15, -0.1) is 35.5 Å². The Balaban J connectivity index is 0.00000261. The van der Waals surface area contributed by atoms with Gasteiger partial charge in [-0.3, -0.25) is 14.5 Å². The van der Waals surface area contributed by atoms with Gasteiger partial charge in [-0.1, -0.05) is 12.1 Å². The van der Waals surface area contributed by atoms with Crippen LogP contribution in [0.3, 0.4) is 0 Å². The van der Waals surface area contributed by atoms with Crippen LogP contribution in [0.4, 0.5) is 5.00 Å². The molecule has 0 spiro atoms. The first-order valence-electron chi connectivity index (χ1n) is 8.55. The van der Waals surface area contributed by atoms with Gasteiger partial charge in [0.1, 0.15) is 5.00 Å². The van der Waals surface area contributed by atoms with Crippen LogP contribution in [0.25, 0.3) is 0 Å². The number of amides is 2. The summed E-state index contributed by atoms with van der Waals surface area (Å²) in [4.78, 5) is 29.2. The van der Waals surface area contributed by atoms with Crippen LogP contribution in [-0.4, -0.2) is 35.6 Å². The van der Waals surface area contributed by atoms with Crippen LogP contribution in [0.1, 0.15) is 45.0 Å². The Hall–Kier alpha value is -1.54. The molecule has 2 aromatic rings. The van der Waals surface area contributed by atoms with Gasteiger partial charge in [0.15, 0.2) is 0 Å². The van der Waals surface area contributed by atoms with E-state index in [2.05, 4.69) is 24.1 Å². The molecule has 0 bridgehead atoms. The third-order valence-electron chi connectivity index (χ3n) is 4.64. The van der Waals surface area contributed by atoms with Crippen molar-refractivity contribution in [2.24, 2.45) is 5.73 Å². The first-order valence-corrected chi connectivity index (χ1v) is 10.6. The summed E-state index contributed by atoms with van der Waals surface area (Å²) >= 11 is 2.99. The van der Waals surface area contributed by atoms with Crippen LogP contribution in [0.2, 0.25) is 0 Å². The minimum atomic E-state index is -0.478. The zero-order valence-corrected chi connectivity index (χ0v) is 18.0. The smallest absolute Gasteiger partial charge is 0.257 e. The average molecular weight is 426 g/mol. The number of anilines is 1. The van der Waals surface area contributed by atoms with Crippen molar-refractivity contribution in [2.45, 2.75) is 37.8 Å². The van der Waals surface area contributed by atoms with Gasteiger partial charge in [-0.05, 0) is 44.2 Å². The Morgan fingerprint density at radius 3 is 2.63 bits per heavy atom. The fourth-order valence-corrected chi connectivity index (χ4v) is 5.08. The third-order valence-corrected chi connectivity index (χ3v) is 6.57. The van der Waals surface area contributed by atoms with Crippen molar-refractivity contribution in [3.8, 4) is 0 Å². The number of thiophene rings is 1. The number of fused-ring (bicyclic) bond motifs is 1. The summed E-state index contributed by atoms with van der Waals surface area (Å²) < 4.78 is 0. The molecule has 146 valence electrons. The SMILES string of the molecule is CSc1ccccc1C(=O)Nc1sc2c(c1C(N)=O)CCN(C(C)C)C2.Cl. The lowest BCUT2D eigenvalue weighted by Crippen LogP contribution is -2.35.